The van der Waals surface area contributed by atoms with E-state index in [0.29, 0.717) is 11.5 Å². The van der Waals surface area contributed by atoms with Crippen molar-refractivity contribution in [3.05, 3.63) is 47.9 Å². The Bertz CT molecular complexity index is 764. The largest absolute Gasteiger partial charge is 0.308 e. The highest BCUT2D eigenvalue weighted by Crippen LogP contribution is 2.22. The van der Waals surface area contributed by atoms with Crippen LogP contribution in [0, 0.1) is 5.82 Å². The summed E-state index contributed by atoms with van der Waals surface area (Å²) < 4.78 is 14.6. The summed E-state index contributed by atoms with van der Waals surface area (Å²) in [7, 11) is 0. The zero-order chi connectivity index (χ0) is 14.8. The molecule has 5 nitrogen and oxygen atoms in total. The average Bonchev–Trinajstić information content (AvgIpc) is 2.91. The number of hydrogen-bond donors (Lipinski definition) is 2. The van der Waals surface area contributed by atoms with Crippen molar-refractivity contribution >= 4 is 11.5 Å². The molecule has 0 saturated heterocycles. The molecule has 0 bridgehead atoms. The first-order valence-corrected chi connectivity index (χ1v) is 6.83. The molecule has 1 aromatic carbocycles. The number of hydrazine groups is 1. The fourth-order valence-electron chi connectivity index (χ4n) is 2.28. The van der Waals surface area contributed by atoms with Gasteiger partial charge in [-0.25, -0.2) is 15.2 Å². The van der Waals surface area contributed by atoms with Crippen molar-refractivity contribution < 1.29 is 4.39 Å². The Balaban J connectivity index is 2.12. The van der Waals surface area contributed by atoms with Crippen LogP contribution in [0.4, 0.5) is 10.2 Å². The van der Waals surface area contributed by atoms with Crippen molar-refractivity contribution in [3.8, 4) is 11.3 Å². The minimum Gasteiger partial charge on any atom is -0.308 e. The second-order valence-corrected chi connectivity index (χ2v) is 4.83. The third-order valence-corrected chi connectivity index (χ3v) is 3.27. The Morgan fingerprint density at radius 2 is 2.00 bits per heavy atom. The van der Waals surface area contributed by atoms with Crippen LogP contribution in [0.5, 0.6) is 0 Å². The lowest BCUT2D eigenvalue weighted by molar-refractivity contribution is 0.628. The molecule has 3 aromatic rings. The van der Waals surface area contributed by atoms with Gasteiger partial charge in [-0.15, -0.1) is 0 Å². The monoisotopic (exact) mass is 285 g/mol. The minimum atomic E-state index is -0.268. The number of nitrogens with zero attached hydrogens (tertiary/aromatic N) is 3. The molecule has 2 heterocycles. The van der Waals surface area contributed by atoms with Gasteiger partial charge in [0.15, 0.2) is 5.65 Å². The highest BCUT2D eigenvalue weighted by molar-refractivity contribution is 5.65. The summed E-state index contributed by atoms with van der Waals surface area (Å²) >= 11 is 0. The standard InChI is InChI=1S/C15H16FN5/c1-2-3-12-8-15(19-17)21-14(18-12)9-13(20-21)10-4-6-11(16)7-5-10/h4-9,19H,2-3,17H2,1H3. The predicted octanol–water partition coefficient (Wildman–Crippen LogP) is 2.77. The zero-order valence-corrected chi connectivity index (χ0v) is 11.7. The topological polar surface area (TPSA) is 68.2 Å². The van der Waals surface area contributed by atoms with Crippen LogP contribution >= 0.6 is 0 Å². The number of hydrogen-bond acceptors (Lipinski definition) is 4. The van der Waals surface area contributed by atoms with Crippen LogP contribution in [0.2, 0.25) is 0 Å². The van der Waals surface area contributed by atoms with Gasteiger partial charge in [-0.3, -0.25) is 0 Å². The molecule has 0 radical (unpaired) electrons. The first-order valence-electron chi connectivity index (χ1n) is 6.83. The van der Waals surface area contributed by atoms with Gasteiger partial charge in [0.05, 0.1) is 5.69 Å². The molecule has 0 aliphatic carbocycles. The smallest absolute Gasteiger partial charge is 0.158 e. The number of benzene rings is 1. The number of rotatable bonds is 4. The Hall–Kier alpha value is -2.47. The van der Waals surface area contributed by atoms with Gasteiger partial charge in [-0.05, 0) is 30.7 Å². The maximum Gasteiger partial charge on any atom is 0.158 e. The van der Waals surface area contributed by atoms with E-state index in [9.17, 15) is 4.39 Å². The van der Waals surface area contributed by atoms with Crippen molar-refractivity contribution in [2.45, 2.75) is 19.8 Å². The number of aromatic nitrogens is 3. The van der Waals surface area contributed by atoms with E-state index in [2.05, 4.69) is 22.4 Å². The van der Waals surface area contributed by atoms with Crippen LogP contribution in [0.1, 0.15) is 19.0 Å². The molecule has 0 atom stereocenters. The van der Waals surface area contributed by atoms with E-state index in [4.69, 9.17) is 5.84 Å². The lowest BCUT2D eigenvalue weighted by Gasteiger charge is -2.05. The van der Waals surface area contributed by atoms with Crippen LogP contribution in [0.3, 0.4) is 0 Å². The van der Waals surface area contributed by atoms with E-state index in [1.165, 1.54) is 12.1 Å². The Morgan fingerprint density at radius 1 is 1.24 bits per heavy atom. The van der Waals surface area contributed by atoms with Crippen LogP contribution in [0.25, 0.3) is 16.9 Å². The van der Waals surface area contributed by atoms with Gasteiger partial charge in [-0.1, -0.05) is 13.3 Å². The van der Waals surface area contributed by atoms with Crippen molar-refractivity contribution in [2.75, 3.05) is 5.43 Å². The maximum atomic E-state index is 13.0. The lowest BCUT2D eigenvalue weighted by atomic mass is 10.1. The van der Waals surface area contributed by atoms with Gasteiger partial charge in [0.2, 0.25) is 0 Å². The fourth-order valence-corrected chi connectivity index (χ4v) is 2.28. The van der Waals surface area contributed by atoms with Crippen molar-refractivity contribution in [3.63, 3.8) is 0 Å². The SMILES string of the molecule is CCCc1cc(NN)n2nc(-c3ccc(F)cc3)cc2n1. The molecule has 0 saturated carbocycles. The van der Waals surface area contributed by atoms with Crippen LogP contribution in [-0.4, -0.2) is 14.6 Å². The quantitative estimate of drug-likeness (QED) is 0.571. The van der Waals surface area contributed by atoms with Gasteiger partial charge < -0.3 is 5.43 Å². The van der Waals surface area contributed by atoms with Gasteiger partial charge in [-0.2, -0.15) is 9.61 Å². The second kappa shape index (κ2) is 5.49. The summed E-state index contributed by atoms with van der Waals surface area (Å²) in [4.78, 5) is 4.57. The summed E-state index contributed by atoms with van der Waals surface area (Å²) in [6.45, 7) is 2.10. The Labute approximate surface area is 121 Å². The first kappa shape index (κ1) is 13.5. The molecular formula is C15H16FN5. The lowest BCUT2D eigenvalue weighted by Crippen LogP contribution is -2.13. The van der Waals surface area contributed by atoms with Crippen LogP contribution in [0.15, 0.2) is 36.4 Å². The number of aryl methyl sites for hydroxylation is 1. The van der Waals surface area contributed by atoms with Crippen molar-refractivity contribution in [2.24, 2.45) is 5.84 Å². The maximum absolute atomic E-state index is 13.0. The summed E-state index contributed by atoms with van der Waals surface area (Å²) in [6, 6.07) is 9.97. The highest BCUT2D eigenvalue weighted by atomic mass is 19.1. The molecule has 0 spiro atoms. The zero-order valence-electron chi connectivity index (χ0n) is 11.7. The van der Waals surface area contributed by atoms with Gasteiger partial charge in [0.1, 0.15) is 11.6 Å². The molecule has 6 heteroatoms. The molecule has 0 aliphatic rings. The van der Waals surface area contributed by atoms with E-state index in [0.717, 1.165) is 29.8 Å². The summed E-state index contributed by atoms with van der Waals surface area (Å²) in [5.74, 6) is 5.97. The van der Waals surface area contributed by atoms with Gasteiger partial charge >= 0.3 is 0 Å². The van der Waals surface area contributed by atoms with Crippen LogP contribution in [-0.2, 0) is 6.42 Å². The van der Waals surface area contributed by atoms with Crippen LogP contribution < -0.4 is 11.3 Å². The molecule has 0 amide bonds. The Kier molecular flexibility index (Phi) is 3.53. The minimum absolute atomic E-state index is 0.268. The van der Waals surface area contributed by atoms with Gasteiger partial charge in [0.25, 0.3) is 0 Å². The number of nitrogens with two attached hydrogens (primary N) is 1. The molecule has 0 unspecified atom stereocenters. The number of anilines is 1. The fraction of sp³-hybridized carbons (Fsp3) is 0.200. The van der Waals surface area contributed by atoms with Crippen molar-refractivity contribution in [1.29, 1.82) is 0 Å². The average molecular weight is 285 g/mol. The molecular weight excluding hydrogens is 269 g/mol. The number of nitrogen functional groups attached to an aromatic ring is 1. The molecule has 3 N–H and O–H groups in total. The third kappa shape index (κ3) is 2.57. The second-order valence-electron chi connectivity index (χ2n) is 4.83. The van der Waals surface area contributed by atoms with E-state index >= 15 is 0 Å². The van der Waals surface area contributed by atoms with E-state index < -0.39 is 0 Å². The summed E-state index contributed by atoms with van der Waals surface area (Å²) in [5.41, 5.74) is 5.89. The van der Waals surface area contributed by atoms with E-state index in [-0.39, 0.29) is 5.82 Å². The number of nitrogens with one attached hydrogen (secondary N) is 1. The van der Waals surface area contributed by atoms with Gasteiger partial charge in [0, 0.05) is 23.4 Å². The van der Waals surface area contributed by atoms with E-state index in [1.54, 1.807) is 16.6 Å². The highest BCUT2D eigenvalue weighted by Gasteiger charge is 2.10. The molecule has 0 aliphatic heterocycles. The number of halogens is 1. The Morgan fingerprint density at radius 3 is 2.67 bits per heavy atom. The molecule has 21 heavy (non-hydrogen) atoms. The molecule has 2 aromatic heterocycles. The van der Waals surface area contributed by atoms with Crippen molar-refractivity contribution in [1.82, 2.24) is 14.6 Å². The molecule has 0 fully saturated rings. The first-order chi connectivity index (χ1) is 10.2. The molecule has 108 valence electrons. The summed E-state index contributed by atoms with van der Waals surface area (Å²) in [5, 5.41) is 4.47. The predicted molar refractivity (Wildman–Crippen MR) is 80.2 cm³/mol. The number of fused-ring (bicyclic) bond motifs is 1. The normalized spacial score (nSPS) is 11.0. The third-order valence-electron chi connectivity index (χ3n) is 3.27. The molecule has 3 rings (SSSR count). The van der Waals surface area contributed by atoms with E-state index in [1.807, 2.05) is 12.1 Å². The summed E-state index contributed by atoms with van der Waals surface area (Å²) in [6.07, 6.45) is 1.88.